The van der Waals surface area contributed by atoms with Crippen molar-refractivity contribution in [3.63, 3.8) is 0 Å². The lowest BCUT2D eigenvalue weighted by Crippen LogP contribution is -2.29. The Labute approximate surface area is 187 Å². The number of halogens is 2. The van der Waals surface area contributed by atoms with Crippen molar-refractivity contribution in [3.8, 4) is 0 Å². The first-order chi connectivity index (χ1) is 15.1. The Morgan fingerprint density at radius 1 is 1.06 bits per heavy atom. The van der Waals surface area contributed by atoms with E-state index in [0.29, 0.717) is 0 Å². The molecule has 0 amide bonds. The van der Waals surface area contributed by atoms with Crippen molar-refractivity contribution in [2.75, 3.05) is 18.0 Å². The summed E-state index contributed by atoms with van der Waals surface area (Å²) in [4.78, 5) is 15.9. The Bertz CT molecular complexity index is 1250. The standard InChI is InChI=1S/C23H20BrFN6/c1-15(16-2-4-20(25)5-3-16)18-11-26-22(27-12-18)17-6-8-30(9-7-17)23-21-10-19(24)13-31(21)29-14-28-23/h2-6,10-15H,7-9H2,1H3. The summed E-state index contributed by atoms with van der Waals surface area (Å²) >= 11 is 3.50. The minimum absolute atomic E-state index is 0.104. The molecule has 4 heterocycles. The molecule has 1 aromatic carbocycles. The van der Waals surface area contributed by atoms with Crippen LogP contribution in [0.25, 0.3) is 11.1 Å². The number of anilines is 1. The van der Waals surface area contributed by atoms with Crippen molar-refractivity contribution < 1.29 is 4.39 Å². The number of benzene rings is 1. The van der Waals surface area contributed by atoms with Crippen molar-refractivity contribution in [3.05, 3.63) is 88.6 Å². The molecule has 5 rings (SSSR count). The van der Waals surface area contributed by atoms with Crippen LogP contribution in [0, 0.1) is 5.82 Å². The van der Waals surface area contributed by atoms with Crippen LogP contribution < -0.4 is 4.90 Å². The first-order valence-electron chi connectivity index (χ1n) is 10.1. The molecule has 8 heteroatoms. The van der Waals surface area contributed by atoms with Gasteiger partial charge in [-0.3, -0.25) is 0 Å². The van der Waals surface area contributed by atoms with Gasteiger partial charge in [0.05, 0.1) is 0 Å². The SMILES string of the molecule is CC(c1ccc(F)cc1)c1cnc(C2=CCN(c3ncnn4cc(Br)cc34)CC2)nc1. The smallest absolute Gasteiger partial charge is 0.156 e. The van der Waals surface area contributed by atoms with Crippen LogP contribution in [-0.2, 0) is 0 Å². The van der Waals surface area contributed by atoms with Crippen molar-refractivity contribution in [2.45, 2.75) is 19.3 Å². The third-order valence-corrected chi connectivity index (χ3v) is 6.12. The summed E-state index contributed by atoms with van der Waals surface area (Å²) in [5.74, 6) is 1.55. The Morgan fingerprint density at radius 3 is 2.55 bits per heavy atom. The third-order valence-electron chi connectivity index (χ3n) is 5.69. The highest BCUT2D eigenvalue weighted by atomic mass is 79.9. The monoisotopic (exact) mass is 478 g/mol. The van der Waals surface area contributed by atoms with Crippen LogP contribution in [0.4, 0.5) is 10.2 Å². The number of rotatable bonds is 4. The van der Waals surface area contributed by atoms with Crippen LogP contribution in [0.3, 0.4) is 0 Å². The van der Waals surface area contributed by atoms with E-state index in [-0.39, 0.29) is 11.7 Å². The van der Waals surface area contributed by atoms with Crippen molar-refractivity contribution in [1.82, 2.24) is 24.6 Å². The van der Waals surface area contributed by atoms with E-state index in [9.17, 15) is 4.39 Å². The van der Waals surface area contributed by atoms with Crippen LogP contribution in [0.2, 0.25) is 0 Å². The van der Waals surface area contributed by atoms with Gasteiger partial charge >= 0.3 is 0 Å². The maximum Gasteiger partial charge on any atom is 0.156 e. The van der Waals surface area contributed by atoms with Crippen LogP contribution in [0.5, 0.6) is 0 Å². The maximum atomic E-state index is 13.2. The summed E-state index contributed by atoms with van der Waals surface area (Å²) < 4.78 is 16.0. The minimum Gasteiger partial charge on any atom is -0.351 e. The van der Waals surface area contributed by atoms with Crippen molar-refractivity contribution in [2.24, 2.45) is 0 Å². The van der Waals surface area contributed by atoms with E-state index in [4.69, 9.17) is 0 Å². The van der Waals surface area contributed by atoms with Gasteiger partial charge in [-0.15, -0.1) is 0 Å². The molecule has 1 unspecified atom stereocenters. The predicted octanol–water partition coefficient (Wildman–Crippen LogP) is 4.87. The second kappa shape index (κ2) is 8.19. The molecule has 0 N–H and O–H groups in total. The molecule has 0 bridgehead atoms. The number of hydrogen-bond acceptors (Lipinski definition) is 5. The zero-order chi connectivity index (χ0) is 21.4. The van der Waals surface area contributed by atoms with E-state index in [1.807, 2.05) is 29.2 Å². The molecular formula is C23H20BrFN6. The van der Waals surface area contributed by atoms with E-state index >= 15 is 0 Å². The second-order valence-corrected chi connectivity index (χ2v) is 8.53. The molecule has 0 saturated carbocycles. The van der Waals surface area contributed by atoms with E-state index < -0.39 is 0 Å². The van der Waals surface area contributed by atoms with Gasteiger partial charge in [-0.05, 0) is 57.2 Å². The van der Waals surface area contributed by atoms with Crippen LogP contribution in [0.1, 0.15) is 36.2 Å². The molecule has 3 aromatic heterocycles. The summed E-state index contributed by atoms with van der Waals surface area (Å²) in [6.07, 6.45) is 10.3. The van der Waals surface area contributed by atoms with Gasteiger partial charge in [0.2, 0.25) is 0 Å². The Hall–Kier alpha value is -3.13. The Balaban J connectivity index is 1.32. The number of nitrogens with zero attached hydrogens (tertiary/aromatic N) is 6. The first-order valence-corrected chi connectivity index (χ1v) is 10.9. The predicted molar refractivity (Wildman–Crippen MR) is 121 cm³/mol. The van der Waals surface area contributed by atoms with E-state index in [0.717, 1.165) is 57.8 Å². The van der Waals surface area contributed by atoms with E-state index in [2.05, 4.69) is 53.9 Å². The third kappa shape index (κ3) is 3.95. The average molecular weight is 479 g/mol. The molecule has 1 aliphatic rings. The van der Waals surface area contributed by atoms with Crippen molar-refractivity contribution >= 4 is 32.8 Å². The molecule has 1 atom stereocenters. The molecule has 1 aliphatic heterocycles. The highest BCUT2D eigenvalue weighted by Gasteiger charge is 2.19. The second-order valence-electron chi connectivity index (χ2n) is 7.61. The number of aromatic nitrogens is 5. The van der Waals surface area contributed by atoms with Gasteiger partial charge in [0, 0.05) is 42.1 Å². The number of hydrogen-bond donors (Lipinski definition) is 0. The van der Waals surface area contributed by atoms with Crippen molar-refractivity contribution in [1.29, 1.82) is 0 Å². The normalized spacial score (nSPS) is 15.2. The highest BCUT2D eigenvalue weighted by Crippen LogP contribution is 2.28. The Morgan fingerprint density at radius 2 is 1.84 bits per heavy atom. The lowest BCUT2D eigenvalue weighted by atomic mass is 9.95. The fourth-order valence-corrected chi connectivity index (χ4v) is 4.28. The summed E-state index contributed by atoms with van der Waals surface area (Å²) in [7, 11) is 0. The summed E-state index contributed by atoms with van der Waals surface area (Å²) in [6.45, 7) is 3.64. The zero-order valence-corrected chi connectivity index (χ0v) is 18.5. The van der Waals surface area contributed by atoms with E-state index in [1.54, 1.807) is 18.5 Å². The number of fused-ring (bicyclic) bond motifs is 1. The molecule has 0 aliphatic carbocycles. The van der Waals surface area contributed by atoms with E-state index in [1.165, 1.54) is 12.1 Å². The molecule has 4 aromatic rings. The van der Waals surface area contributed by atoms with Crippen LogP contribution in [0.15, 0.2) is 65.8 Å². The van der Waals surface area contributed by atoms with Gasteiger partial charge in [-0.1, -0.05) is 25.1 Å². The molecule has 6 nitrogen and oxygen atoms in total. The largest absolute Gasteiger partial charge is 0.351 e. The minimum atomic E-state index is -0.229. The summed E-state index contributed by atoms with van der Waals surface area (Å²) in [5, 5.41) is 4.26. The van der Waals surface area contributed by atoms with Gasteiger partial charge in [0.25, 0.3) is 0 Å². The first kappa shape index (κ1) is 19.8. The summed E-state index contributed by atoms with van der Waals surface area (Å²) in [6, 6.07) is 8.60. The molecule has 156 valence electrons. The molecular weight excluding hydrogens is 459 g/mol. The van der Waals surface area contributed by atoms with Gasteiger partial charge < -0.3 is 4.90 Å². The Kier molecular flexibility index (Phi) is 5.23. The molecule has 0 saturated heterocycles. The quantitative estimate of drug-likeness (QED) is 0.418. The highest BCUT2D eigenvalue weighted by molar-refractivity contribution is 9.10. The summed E-state index contributed by atoms with van der Waals surface area (Å²) in [5.41, 5.74) is 4.16. The van der Waals surface area contributed by atoms with Gasteiger partial charge in [0.15, 0.2) is 11.6 Å². The van der Waals surface area contributed by atoms with Crippen LogP contribution >= 0.6 is 15.9 Å². The lowest BCUT2D eigenvalue weighted by molar-refractivity contribution is 0.626. The maximum absolute atomic E-state index is 13.2. The molecule has 0 radical (unpaired) electrons. The van der Waals surface area contributed by atoms with Gasteiger partial charge in [-0.2, -0.15) is 5.10 Å². The molecule has 0 fully saturated rings. The fraction of sp³-hybridized carbons (Fsp3) is 0.217. The van der Waals surface area contributed by atoms with Gasteiger partial charge in [0.1, 0.15) is 17.7 Å². The average Bonchev–Trinajstić information content (AvgIpc) is 3.20. The molecule has 31 heavy (non-hydrogen) atoms. The molecule has 0 spiro atoms. The lowest BCUT2D eigenvalue weighted by Gasteiger charge is -2.27. The zero-order valence-electron chi connectivity index (χ0n) is 16.9. The fourth-order valence-electron chi connectivity index (χ4n) is 3.86. The van der Waals surface area contributed by atoms with Crippen LogP contribution in [-0.4, -0.2) is 37.7 Å². The topological polar surface area (TPSA) is 59.2 Å². The van der Waals surface area contributed by atoms with Gasteiger partial charge in [-0.25, -0.2) is 23.9 Å².